The minimum Gasteiger partial charge on any atom is -0.409 e. The van der Waals surface area contributed by atoms with Crippen LogP contribution in [-0.4, -0.2) is 21.2 Å². The van der Waals surface area contributed by atoms with Crippen LogP contribution in [-0.2, 0) is 5.75 Å². The molecule has 6 heteroatoms. The zero-order chi connectivity index (χ0) is 13.7. The van der Waals surface area contributed by atoms with Crippen molar-refractivity contribution in [1.82, 2.24) is 10.2 Å². The molecular weight excluding hydrogens is 260 g/mol. The molecule has 98 valence electrons. The van der Waals surface area contributed by atoms with Gasteiger partial charge in [0.15, 0.2) is 5.84 Å². The Morgan fingerprint density at radius 2 is 2.26 bits per heavy atom. The van der Waals surface area contributed by atoms with E-state index in [1.807, 2.05) is 6.07 Å². The summed E-state index contributed by atoms with van der Waals surface area (Å²) in [7, 11) is 0. The summed E-state index contributed by atoms with van der Waals surface area (Å²) >= 11 is 1.51. The normalized spacial score (nSPS) is 11.5. The Morgan fingerprint density at radius 3 is 3.00 bits per heavy atom. The molecule has 0 saturated carbocycles. The van der Waals surface area contributed by atoms with Gasteiger partial charge in [-0.2, -0.15) is 5.10 Å². The maximum Gasteiger partial charge on any atom is 0.172 e. The number of hydrogen-bond acceptors (Lipinski definition) is 5. The molecule has 2 rings (SSSR count). The minimum absolute atomic E-state index is 0.0432. The summed E-state index contributed by atoms with van der Waals surface area (Å²) in [5, 5.41) is 20.2. The molecule has 0 amide bonds. The van der Waals surface area contributed by atoms with E-state index in [-0.39, 0.29) is 5.84 Å². The van der Waals surface area contributed by atoms with Crippen LogP contribution in [0.15, 0.2) is 46.7 Å². The van der Waals surface area contributed by atoms with Crippen molar-refractivity contribution < 1.29 is 5.21 Å². The van der Waals surface area contributed by atoms with Gasteiger partial charge in [0, 0.05) is 5.75 Å². The first-order valence-corrected chi connectivity index (χ1v) is 6.67. The molecule has 0 radical (unpaired) electrons. The van der Waals surface area contributed by atoms with Gasteiger partial charge in [-0.1, -0.05) is 46.7 Å². The lowest BCUT2D eigenvalue weighted by molar-refractivity contribution is 0.318. The fourth-order valence-corrected chi connectivity index (χ4v) is 2.54. The van der Waals surface area contributed by atoms with Crippen molar-refractivity contribution in [3.63, 3.8) is 0 Å². The molecule has 1 aromatic heterocycles. The van der Waals surface area contributed by atoms with Crippen LogP contribution in [0.3, 0.4) is 0 Å². The number of aromatic nitrogens is 2. The molecule has 1 heterocycles. The van der Waals surface area contributed by atoms with E-state index in [9.17, 15) is 0 Å². The number of aryl methyl sites for hydroxylation is 1. The number of rotatable bonds is 4. The summed E-state index contributed by atoms with van der Waals surface area (Å²) in [6.45, 7) is 2.05. The second-order valence-corrected chi connectivity index (χ2v) is 4.98. The second-order valence-electron chi connectivity index (χ2n) is 4.01. The van der Waals surface area contributed by atoms with Crippen LogP contribution in [0.25, 0.3) is 0 Å². The van der Waals surface area contributed by atoms with Crippen LogP contribution in [0.4, 0.5) is 0 Å². The van der Waals surface area contributed by atoms with E-state index in [0.29, 0.717) is 10.6 Å². The second kappa shape index (κ2) is 6.19. The minimum atomic E-state index is 0.0432. The zero-order valence-corrected chi connectivity index (χ0v) is 11.3. The van der Waals surface area contributed by atoms with Crippen LogP contribution < -0.4 is 5.73 Å². The fourth-order valence-electron chi connectivity index (χ4n) is 1.63. The lowest BCUT2D eigenvalue weighted by Gasteiger charge is -2.06. The number of nitrogens with two attached hydrogens (primary N) is 1. The van der Waals surface area contributed by atoms with Crippen LogP contribution in [0.1, 0.15) is 16.7 Å². The van der Waals surface area contributed by atoms with Crippen LogP contribution in [0, 0.1) is 6.92 Å². The summed E-state index contributed by atoms with van der Waals surface area (Å²) in [6.07, 6.45) is 1.52. The van der Waals surface area contributed by atoms with Gasteiger partial charge >= 0.3 is 0 Å². The van der Waals surface area contributed by atoms with Crippen molar-refractivity contribution >= 4 is 17.6 Å². The molecule has 0 aliphatic carbocycles. The van der Waals surface area contributed by atoms with E-state index in [0.717, 1.165) is 5.75 Å². The van der Waals surface area contributed by atoms with Crippen LogP contribution in [0.5, 0.6) is 0 Å². The predicted molar refractivity (Wildman–Crippen MR) is 75.3 cm³/mol. The van der Waals surface area contributed by atoms with Gasteiger partial charge in [0.2, 0.25) is 0 Å². The topological polar surface area (TPSA) is 84.4 Å². The predicted octanol–water partition coefficient (Wildman–Crippen LogP) is 2.17. The lowest BCUT2D eigenvalue weighted by Crippen LogP contribution is -2.15. The van der Waals surface area contributed by atoms with E-state index in [2.05, 4.69) is 40.5 Å². The number of oxime groups is 1. The molecule has 0 aliphatic heterocycles. The average Bonchev–Trinajstić information content (AvgIpc) is 2.45. The third-order valence-corrected chi connectivity index (χ3v) is 3.58. The Hall–Kier alpha value is -2.08. The van der Waals surface area contributed by atoms with Gasteiger partial charge in [0.25, 0.3) is 0 Å². The maximum absolute atomic E-state index is 8.74. The Labute approximate surface area is 115 Å². The number of benzene rings is 1. The van der Waals surface area contributed by atoms with E-state index < -0.39 is 0 Å². The Kier molecular flexibility index (Phi) is 4.35. The molecule has 0 bridgehead atoms. The highest BCUT2D eigenvalue weighted by molar-refractivity contribution is 7.98. The van der Waals surface area contributed by atoms with Crippen LogP contribution >= 0.6 is 11.8 Å². The first-order chi connectivity index (χ1) is 9.20. The van der Waals surface area contributed by atoms with Gasteiger partial charge in [-0.05, 0) is 18.6 Å². The maximum atomic E-state index is 8.74. The quantitative estimate of drug-likeness (QED) is 0.293. The van der Waals surface area contributed by atoms with E-state index >= 15 is 0 Å². The smallest absolute Gasteiger partial charge is 0.172 e. The number of amidine groups is 1. The summed E-state index contributed by atoms with van der Waals surface area (Å²) in [4.78, 5) is 0. The Balaban J connectivity index is 2.16. The van der Waals surface area contributed by atoms with Crippen molar-refractivity contribution in [2.75, 3.05) is 0 Å². The van der Waals surface area contributed by atoms with Gasteiger partial charge in [0.05, 0.1) is 11.8 Å². The molecule has 0 aliphatic rings. The van der Waals surface area contributed by atoms with E-state index in [1.165, 1.54) is 29.1 Å². The number of hydrogen-bond donors (Lipinski definition) is 2. The van der Waals surface area contributed by atoms with Gasteiger partial charge in [-0.25, -0.2) is 0 Å². The molecule has 3 N–H and O–H groups in total. The molecule has 0 spiro atoms. The average molecular weight is 274 g/mol. The zero-order valence-electron chi connectivity index (χ0n) is 10.4. The molecule has 0 unspecified atom stereocenters. The van der Waals surface area contributed by atoms with Crippen molar-refractivity contribution in [3.8, 4) is 0 Å². The van der Waals surface area contributed by atoms with Crippen molar-refractivity contribution in [2.24, 2.45) is 10.9 Å². The molecule has 0 fully saturated rings. The molecule has 0 atom stereocenters. The summed E-state index contributed by atoms with van der Waals surface area (Å²) in [5.74, 6) is 0.799. The summed E-state index contributed by atoms with van der Waals surface area (Å²) in [5.41, 5.74) is 8.61. The number of nitrogens with zero attached hydrogens (tertiary/aromatic N) is 3. The van der Waals surface area contributed by atoms with Gasteiger partial charge in [-0.15, -0.1) is 5.10 Å². The first kappa shape index (κ1) is 13.4. The fraction of sp³-hybridized carbons (Fsp3) is 0.154. The van der Waals surface area contributed by atoms with Crippen molar-refractivity contribution in [2.45, 2.75) is 17.7 Å². The largest absolute Gasteiger partial charge is 0.409 e. The Morgan fingerprint density at radius 1 is 1.42 bits per heavy atom. The molecule has 1 aromatic carbocycles. The third-order valence-electron chi connectivity index (χ3n) is 2.53. The van der Waals surface area contributed by atoms with Gasteiger partial charge in [-0.3, -0.25) is 0 Å². The SMILES string of the molecule is Cc1cccc(CSc2nnccc2/C(N)=N/O)c1. The third kappa shape index (κ3) is 3.45. The van der Waals surface area contributed by atoms with Gasteiger partial charge < -0.3 is 10.9 Å². The van der Waals surface area contributed by atoms with E-state index in [4.69, 9.17) is 10.9 Å². The lowest BCUT2D eigenvalue weighted by atomic mass is 10.2. The standard InChI is InChI=1S/C13H14N4OS/c1-9-3-2-4-10(7-9)8-19-13-11(12(14)17-18)5-6-15-16-13/h2-7,18H,8H2,1H3,(H2,14,17). The van der Waals surface area contributed by atoms with E-state index in [1.54, 1.807) is 6.07 Å². The first-order valence-electron chi connectivity index (χ1n) is 5.68. The molecule has 0 saturated heterocycles. The highest BCUT2D eigenvalue weighted by atomic mass is 32.2. The summed E-state index contributed by atoms with van der Waals surface area (Å²) < 4.78 is 0. The van der Waals surface area contributed by atoms with Crippen LogP contribution in [0.2, 0.25) is 0 Å². The Bertz CT molecular complexity index is 601. The van der Waals surface area contributed by atoms with Crippen molar-refractivity contribution in [1.29, 1.82) is 0 Å². The highest BCUT2D eigenvalue weighted by Gasteiger charge is 2.09. The summed E-state index contributed by atoms with van der Waals surface area (Å²) in [6, 6.07) is 9.93. The highest BCUT2D eigenvalue weighted by Crippen LogP contribution is 2.23. The molecule has 2 aromatic rings. The number of thioether (sulfide) groups is 1. The molecule has 5 nitrogen and oxygen atoms in total. The van der Waals surface area contributed by atoms with Crippen molar-refractivity contribution in [3.05, 3.63) is 53.2 Å². The molecular formula is C13H14N4OS. The van der Waals surface area contributed by atoms with Gasteiger partial charge in [0.1, 0.15) is 5.03 Å². The monoisotopic (exact) mass is 274 g/mol. The molecule has 19 heavy (non-hydrogen) atoms.